The second kappa shape index (κ2) is 5.34. The molecule has 1 saturated heterocycles. The Hall–Kier alpha value is -0.980. The van der Waals surface area contributed by atoms with Crippen molar-refractivity contribution in [1.82, 2.24) is 5.32 Å². The van der Waals surface area contributed by atoms with Crippen LogP contribution in [0, 0.1) is 5.82 Å². The first kappa shape index (κ1) is 13.5. The van der Waals surface area contributed by atoms with Gasteiger partial charge >= 0.3 is 0 Å². The average molecular weight is 318 g/mol. The summed E-state index contributed by atoms with van der Waals surface area (Å²) in [6.07, 6.45) is 0.486. The lowest BCUT2D eigenvalue weighted by Crippen LogP contribution is -2.43. The van der Waals surface area contributed by atoms with E-state index in [1.807, 2.05) is 0 Å². The third kappa shape index (κ3) is 3.28. The standard InChI is InChI=1S/C12H13BrFNO3/c13-9-3-8(4-10(14)5-9)11(16)15-6-12(17)1-2-18-7-12/h3-5,17H,1-2,6-7H2,(H,15,16). The SMILES string of the molecule is O=C(NCC1(O)CCOC1)c1cc(F)cc(Br)c1. The van der Waals surface area contributed by atoms with Gasteiger partial charge < -0.3 is 15.2 Å². The summed E-state index contributed by atoms with van der Waals surface area (Å²) < 4.78 is 18.7. The van der Waals surface area contributed by atoms with Crippen molar-refractivity contribution in [2.24, 2.45) is 0 Å². The fraction of sp³-hybridized carbons (Fsp3) is 0.417. The predicted octanol–water partition coefficient (Wildman–Crippen LogP) is 1.47. The lowest BCUT2D eigenvalue weighted by molar-refractivity contribution is 0.0264. The first-order valence-corrected chi connectivity index (χ1v) is 6.32. The summed E-state index contributed by atoms with van der Waals surface area (Å²) in [5.41, 5.74) is -0.801. The summed E-state index contributed by atoms with van der Waals surface area (Å²) in [5.74, 6) is -0.909. The fourth-order valence-corrected chi connectivity index (χ4v) is 2.23. The van der Waals surface area contributed by atoms with Crippen LogP contribution in [0.5, 0.6) is 0 Å². The number of halogens is 2. The van der Waals surface area contributed by atoms with Crippen molar-refractivity contribution in [3.63, 3.8) is 0 Å². The maximum absolute atomic E-state index is 13.1. The van der Waals surface area contributed by atoms with E-state index in [0.717, 1.165) is 6.07 Å². The van der Waals surface area contributed by atoms with Crippen molar-refractivity contribution in [3.8, 4) is 0 Å². The van der Waals surface area contributed by atoms with Crippen LogP contribution in [0.4, 0.5) is 4.39 Å². The average Bonchev–Trinajstić information content (AvgIpc) is 2.72. The van der Waals surface area contributed by atoms with Crippen molar-refractivity contribution in [3.05, 3.63) is 34.1 Å². The first-order chi connectivity index (χ1) is 8.48. The largest absolute Gasteiger partial charge is 0.386 e. The van der Waals surface area contributed by atoms with Crippen LogP contribution in [0.25, 0.3) is 0 Å². The molecule has 1 fully saturated rings. The van der Waals surface area contributed by atoms with Gasteiger partial charge in [-0.25, -0.2) is 4.39 Å². The molecule has 98 valence electrons. The third-order valence-electron chi connectivity index (χ3n) is 2.79. The molecule has 1 atom stereocenters. The van der Waals surface area contributed by atoms with Crippen LogP contribution in [0.1, 0.15) is 16.8 Å². The van der Waals surface area contributed by atoms with Gasteiger partial charge in [0.05, 0.1) is 6.61 Å². The van der Waals surface area contributed by atoms with Crippen molar-refractivity contribution in [1.29, 1.82) is 0 Å². The molecular formula is C12H13BrFNO3. The van der Waals surface area contributed by atoms with E-state index in [0.29, 0.717) is 17.5 Å². The van der Waals surface area contributed by atoms with Crippen LogP contribution in [0.3, 0.4) is 0 Å². The van der Waals surface area contributed by atoms with Crippen LogP contribution in [-0.2, 0) is 4.74 Å². The quantitative estimate of drug-likeness (QED) is 0.887. The molecule has 0 bridgehead atoms. The highest BCUT2D eigenvalue weighted by molar-refractivity contribution is 9.10. The highest BCUT2D eigenvalue weighted by atomic mass is 79.9. The summed E-state index contributed by atoms with van der Waals surface area (Å²) in [7, 11) is 0. The van der Waals surface area contributed by atoms with Gasteiger partial charge in [0.1, 0.15) is 11.4 Å². The monoisotopic (exact) mass is 317 g/mol. The molecule has 0 aromatic heterocycles. The Morgan fingerprint density at radius 2 is 2.33 bits per heavy atom. The van der Waals surface area contributed by atoms with Crippen LogP contribution < -0.4 is 5.32 Å². The third-order valence-corrected chi connectivity index (χ3v) is 3.24. The number of hydrogen-bond acceptors (Lipinski definition) is 3. The Bertz CT molecular complexity index is 440. The Labute approximate surface area is 112 Å². The first-order valence-electron chi connectivity index (χ1n) is 5.53. The van der Waals surface area contributed by atoms with Gasteiger partial charge in [0.2, 0.25) is 0 Å². The van der Waals surface area contributed by atoms with Gasteiger partial charge in [-0.2, -0.15) is 0 Å². The number of nitrogens with one attached hydrogen (secondary N) is 1. The van der Waals surface area contributed by atoms with Gasteiger partial charge in [0.15, 0.2) is 0 Å². The molecule has 1 aliphatic rings. The second-order valence-corrected chi connectivity index (χ2v) is 5.28. The molecule has 0 spiro atoms. The molecule has 1 aliphatic heterocycles. The Kier molecular flexibility index (Phi) is 3.99. The predicted molar refractivity (Wildman–Crippen MR) is 66.8 cm³/mol. The van der Waals surface area contributed by atoms with Gasteiger partial charge in [-0.3, -0.25) is 4.79 Å². The molecule has 0 aliphatic carbocycles. The molecule has 1 aromatic rings. The summed E-state index contributed by atoms with van der Waals surface area (Å²) in [4.78, 5) is 11.8. The number of amides is 1. The van der Waals surface area contributed by atoms with Gasteiger partial charge in [-0.1, -0.05) is 15.9 Å². The Balaban J connectivity index is 1.99. The zero-order chi connectivity index (χ0) is 13.2. The molecule has 4 nitrogen and oxygen atoms in total. The van der Waals surface area contributed by atoms with Gasteiger partial charge in [0.25, 0.3) is 5.91 Å². The summed E-state index contributed by atoms with van der Waals surface area (Å²) >= 11 is 3.12. The minimum Gasteiger partial charge on any atom is -0.386 e. The normalized spacial score (nSPS) is 23.1. The topological polar surface area (TPSA) is 58.6 Å². The Morgan fingerprint density at radius 1 is 1.56 bits per heavy atom. The zero-order valence-electron chi connectivity index (χ0n) is 9.58. The number of benzene rings is 1. The van der Waals surface area contributed by atoms with E-state index in [1.165, 1.54) is 12.1 Å². The number of aliphatic hydroxyl groups is 1. The van der Waals surface area contributed by atoms with Gasteiger partial charge in [0, 0.05) is 29.6 Å². The molecule has 0 radical (unpaired) electrons. The van der Waals surface area contributed by atoms with Gasteiger partial charge in [-0.15, -0.1) is 0 Å². The summed E-state index contributed by atoms with van der Waals surface area (Å²) in [6.45, 7) is 0.790. The van der Waals surface area contributed by atoms with Crippen molar-refractivity contribution in [2.45, 2.75) is 12.0 Å². The summed E-state index contributed by atoms with van der Waals surface area (Å²) in [5, 5.41) is 12.6. The number of ether oxygens (including phenoxy) is 1. The zero-order valence-corrected chi connectivity index (χ0v) is 11.2. The molecular weight excluding hydrogens is 305 g/mol. The molecule has 1 heterocycles. The molecule has 18 heavy (non-hydrogen) atoms. The highest BCUT2D eigenvalue weighted by Gasteiger charge is 2.32. The lowest BCUT2D eigenvalue weighted by atomic mass is 10.0. The van der Waals surface area contributed by atoms with Crippen LogP contribution in [-0.4, -0.2) is 36.4 Å². The molecule has 1 aromatic carbocycles. The minimum atomic E-state index is -1.01. The molecule has 1 unspecified atom stereocenters. The molecule has 0 saturated carbocycles. The van der Waals surface area contributed by atoms with E-state index in [9.17, 15) is 14.3 Å². The minimum absolute atomic E-state index is 0.0972. The molecule has 1 amide bonds. The maximum atomic E-state index is 13.1. The van der Waals surface area contributed by atoms with E-state index in [2.05, 4.69) is 21.2 Å². The van der Waals surface area contributed by atoms with E-state index < -0.39 is 17.3 Å². The molecule has 2 rings (SSSR count). The number of carbonyl (C=O) groups is 1. The lowest BCUT2D eigenvalue weighted by Gasteiger charge is -2.20. The van der Waals surface area contributed by atoms with Crippen molar-refractivity contribution < 1.29 is 19.0 Å². The Morgan fingerprint density at radius 3 is 2.94 bits per heavy atom. The summed E-state index contributed by atoms with van der Waals surface area (Å²) in [6, 6.07) is 3.94. The van der Waals surface area contributed by atoms with Crippen LogP contribution >= 0.6 is 15.9 Å². The van der Waals surface area contributed by atoms with E-state index in [-0.39, 0.29) is 18.7 Å². The van der Waals surface area contributed by atoms with Crippen molar-refractivity contribution in [2.75, 3.05) is 19.8 Å². The maximum Gasteiger partial charge on any atom is 0.251 e. The fourth-order valence-electron chi connectivity index (χ4n) is 1.77. The highest BCUT2D eigenvalue weighted by Crippen LogP contribution is 2.18. The number of carbonyl (C=O) groups excluding carboxylic acids is 1. The van der Waals surface area contributed by atoms with E-state index in [1.54, 1.807) is 0 Å². The smallest absolute Gasteiger partial charge is 0.251 e. The van der Waals surface area contributed by atoms with Crippen molar-refractivity contribution >= 4 is 21.8 Å². The van der Waals surface area contributed by atoms with E-state index >= 15 is 0 Å². The molecule has 6 heteroatoms. The molecule has 2 N–H and O–H groups in total. The van der Waals surface area contributed by atoms with Gasteiger partial charge in [-0.05, 0) is 18.2 Å². The van der Waals surface area contributed by atoms with E-state index in [4.69, 9.17) is 4.74 Å². The number of hydrogen-bond donors (Lipinski definition) is 2. The second-order valence-electron chi connectivity index (χ2n) is 4.37. The number of rotatable bonds is 3. The van der Waals surface area contributed by atoms with Crippen LogP contribution in [0.2, 0.25) is 0 Å². The van der Waals surface area contributed by atoms with Crippen LogP contribution in [0.15, 0.2) is 22.7 Å².